The second-order valence-corrected chi connectivity index (χ2v) is 9.92. The Morgan fingerprint density at radius 1 is 0.355 bits per heavy atom. The van der Waals surface area contributed by atoms with E-state index >= 15 is 0 Å². The van der Waals surface area contributed by atoms with Gasteiger partial charge in [-0.25, -0.2) is 0 Å². The van der Waals surface area contributed by atoms with Crippen LogP contribution in [0.1, 0.15) is 167 Å². The number of halogens is 1. The predicted molar refractivity (Wildman–Crippen MR) is 140 cm³/mol. The normalized spacial score (nSPS) is 11.4. The van der Waals surface area contributed by atoms with E-state index in [2.05, 4.69) is 12.2 Å². The molecule has 0 saturated carbocycles. The van der Waals surface area contributed by atoms with Gasteiger partial charge in [-0.2, -0.15) is 0 Å². The summed E-state index contributed by atoms with van der Waals surface area (Å²) in [6.45, 7) is 4.58. The van der Waals surface area contributed by atoms with E-state index in [0.717, 1.165) is 12.8 Å². The van der Waals surface area contributed by atoms with Crippen LogP contribution in [0.2, 0.25) is 0 Å². The van der Waals surface area contributed by atoms with E-state index in [-0.39, 0.29) is 6.67 Å². The molecule has 1 N–H and O–H groups in total. The summed E-state index contributed by atoms with van der Waals surface area (Å²) < 4.78 is 12.0. The molecule has 0 aromatic carbocycles. The highest BCUT2D eigenvalue weighted by atomic mass is 19.1. The van der Waals surface area contributed by atoms with Gasteiger partial charge in [0.1, 0.15) is 0 Å². The summed E-state index contributed by atoms with van der Waals surface area (Å²) in [7, 11) is 0. The Bertz CT molecular complexity index is 266. The van der Waals surface area contributed by atoms with Gasteiger partial charge in [0.15, 0.2) is 0 Å². The lowest BCUT2D eigenvalue weighted by Gasteiger charge is -2.06. The smallest absolute Gasteiger partial charge is 0.0894 e. The third kappa shape index (κ3) is 29.9. The molecule has 0 unspecified atom stereocenters. The molecule has 0 fully saturated rings. The first kappa shape index (κ1) is 30.9. The van der Waals surface area contributed by atoms with Crippen molar-refractivity contribution in [2.75, 3.05) is 19.8 Å². The van der Waals surface area contributed by atoms with E-state index in [1.165, 1.54) is 161 Å². The molecule has 0 aromatic rings. The first-order chi connectivity index (χ1) is 15.4. The number of alkyl halides is 1. The average molecular weight is 442 g/mol. The van der Waals surface area contributed by atoms with Crippen LogP contribution in [0, 0.1) is 0 Å². The van der Waals surface area contributed by atoms with Crippen molar-refractivity contribution in [2.24, 2.45) is 0 Å². The summed E-state index contributed by atoms with van der Waals surface area (Å²) >= 11 is 0. The van der Waals surface area contributed by atoms with E-state index in [1.807, 2.05) is 0 Å². The van der Waals surface area contributed by atoms with Crippen molar-refractivity contribution in [3.63, 3.8) is 0 Å². The van der Waals surface area contributed by atoms with Crippen molar-refractivity contribution >= 4 is 0 Å². The van der Waals surface area contributed by atoms with E-state index in [9.17, 15) is 4.39 Å². The van der Waals surface area contributed by atoms with Gasteiger partial charge in [-0.15, -0.1) is 0 Å². The van der Waals surface area contributed by atoms with Crippen molar-refractivity contribution in [3.8, 4) is 0 Å². The quantitative estimate of drug-likeness (QED) is 0.119. The van der Waals surface area contributed by atoms with Crippen LogP contribution >= 0.6 is 0 Å². The van der Waals surface area contributed by atoms with E-state index in [4.69, 9.17) is 0 Å². The van der Waals surface area contributed by atoms with Crippen LogP contribution in [0.5, 0.6) is 0 Å². The molecule has 0 amide bonds. The topological polar surface area (TPSA) is 12.0 Å². The van der Waals surface area contributed by atoms with Gasteiger partial charge in [0.25, 0.3) is 0 Å². The minimum absolute atomic E-state index is 0.133. The summed E-state index contributed by atoms with van der Waals surface area (Å²) in [6.07, 6.45) is 34.3. The molecular formula is C29H60FN. The minimum Gasteiger partial charge on any atom is -0.317 e. The maximum Gasteiger partial charge on any atom is 0.0894 e. The van der Waals surface area contributed by atoms with E-state index in [0.29, 0.717) is 0 Å². The lowest BCUT2D eigenvalue weighted by atomic mass is 10.0. The van der Waals surface area contributed by atoms with Gasteiger partial charge in [0.2, 0.25) is 0 Å². The van der Waals surface area contributed by atoms with Crippen LogP contribution in [0.4, 0.5) is 4.39 Å². The lowest BCUT2D eigenvalue weighted by Crippen LogP contribution is -2.16. The highest BCUT2D eigenvalue weighted by molar-refractivity contribution is 4.53. The van der Waals surface area contributed by atoms with Gasteiger partial charge >= 0.3 is 0 Å². The van der Waals surface area contributed by atoms with E-state index < -0.39 is 0 Å². The molecule has 0 aliphatic heterocycles. The maximum atomic E-state index is 12.0. The molecule has 0 atom stereocenters. The SMILES string of the molecule is CCCCCCCCCCCCCCCCCCNCCCCCCCCCCCF. The highest BCUT2D eigenvalue weighted by Gasteiger charge is 1.96. The average Bonchev–Trinajstić information content (AvgIpc) is 2.78. The molecule has 1 nitrogen and oxygen atoms in total. The Morgan fingerprint density at radius 2 is 0.613 bits per heavy atom. The molecule has 31 heavy (non-hydrogen) atoms. The second kappa shape index (κ2) is 29.9. The molecule has 188 valence electrons. The highest BCUT2D eigenvalue weighted by Crippen LogP contribution is 2.14. The Hall–Kier alpha value is -0.110. The van der Waals surface area contributed by atoms with Crippen molar-refractivity contribution in [3.05, 3.63) is 0 Å². The molecular weight excluding hydrogens is 381 g/mol. The zero-order valence-corrected chi connectivity index (χ0v) is 21.7. The summed E-state index contributed by atoms with van der Waals surface area (Å²) in [6, 6.07) is 0. The van der Waals surface area contributed by atoms with Crippen LogP contribution < -0.4 is 5.32 Å². The zero-order chi connectivity index (χ0) is 22.5. The second-order valence-electron chi connectivity index (χ2n) is 9.92. The molecule has 0 heterocycles. The summed E-state index contributed by atoms with van der Waals surface area (Å²) in [5.41, 5.74) is 0. The summed E-state index contributed by atoms with van der Waals surface area (Å²) in [5, 5.41) is 3.62. The zero-order valence-electron chi connectivity index (χ0n) is 21.7. The molecule has 0 aliphatic rings. The molecule has 0 bridgehead atoms. The molecule has 0 spiro atoms. The number of unbranched alkanes of at least 4 members (excludes halogenated alkanes) is 23. The minimum atomic E-state index is -0.133. The number of hydrogen-bond donors (Lipinski definition) is 1. The molecule has 0 aromatic heterocycles. The molecule has 2 heteroatoms. The number of hydrogen-bond acceptors (Lipinski definition) is 1. The van der Waals surface area contributed by atoms with Gasteiger partial charge in [-0.05, 0) is 32.4 Å². The van der Waals surface area contributed by atoms with Gasteiger partial charge < -0.3 is 5.32 Å². The van der Waals surface area contributed by atoms with Gasteiger partial charge in [0.05, 0.1) is 6.67 Å². The van der Waals surface area contributed by atoms with Crippen molar-refractivity contribution in [2.45, 2.75) is 167 Å². The van der Waals surface area contributed by atoms with Crippen LogP contribution in [0.3, 0.4) is 0 Å². The monoisotopic (exact) mass is 441 g/mol. The Balaban J connectivity index is 2.98. The fourth-order valence-electron chi connectivity index (χ4n) is 4.51. The number of rotatable bonds is 28. The largest absolute Gasteiger partial charge is 0.317 e. The predicted octanol–water partition coefficient (Wildman–Crippen LogP) is 10.3. The van der Waals surface area contributed by atoms with Gasteiger partial charge in [0, 0.05) is 0 Å². The van der Waals surface area contributed by atoms with Gasteiger partial charge in [-0.3, -0.25) is 4.39 Å². The third-order valence-electron chi connectivity index (χ3n) is 6.69. The first-order valence-electron chi connectivity index (χ1n) is 14.7. The lowest BCUT2D eigenvalue weighted by molar-refractivity contribution is 0.448. The van der Waals surface area contributed by atoms with Crippen LogP contribution in [0.25, 0.3) is 0 Å². The Labute approximate surface area is 197 Å². The standard InChI is InChI=1S/C29H60FN/c1-2-3-4-5-6-7-8-9-10-11-12-13-16-19-22-25-28-31-29-26-23-20-17-14-15-18-21-24-27-30/h31H,2-29H2,1H3. The fraction of sp³-hybridized carbons (Fsp3) is 1.00. The van der Waals surface area contributed by atoms with Crippen molar-refractivity contribution in [1.29, 1.82) is 0 Å². The van der Waals surface area contributed by atoms with Gasteiger partial charge in [-0.1, -0.05) is 148 Å². The molecule has 0 rings (SSSR count). The van der Waals surface area contributed by atoms with E-state index in [1.54, 1.807) is 0 Å². The van der Waals surface area contributed by atoms with Crippen LogP contribution in [-0.2, 0) is 0 Å². The van der Waals surface area contributed by atoms with Crippen LogP contribution in [-0.4, -0.2) is 19.8 Å². The maximum absolute atomic E-state index is 12.0. The summed E-state index contributed by atoms with van der Waals surface area (Å²) in [5.74, 6) is 0. The Morgan fingerprint density at radius 3 is 0.903 bits per heavy atom. The van der Waals surface area contributed by atoms with Crippen LogP contribution in [0.15, 0.2) is 0 Å². The fourth-order valence-corrected chi connectivity index (χ4v) is 4.51. The molecule has 0 aliphatic carbocycles. The van der Waals surface area contributed by atoms with Crippen molar-refractivity contribution < 1.29 is 4.39 Å². The summed E-state index contributed by atoms with van der Waals surface area (Å²) in [4.78, 5) is 0. The third-order valence-corrected chi connectivity index (χ3v) is 6.69. The first-order valence-corrected chi connectivity index (χ1v) is 14.7. The molecule has 0 saturated heterocycles. The Kier molecular flexibility index (Phi) is 29.8. The van der Waals surface area contributed by atoms with Crippen molar-refractivity contribution in [1.82, 2.24) is 5.32 Å². The number of nitrogens with one attached hydrogen (secondary N) is 1. The molecule has 0 radical (unpaired) electrons.